The Bertz CT molecular complexity index is 2010. The Balaban J connectivity index is 0.00000181. The van der Waals surface area contributed by atoms with Gasteiger partial charge in [-0.25, -0.2) is 32.0 Å². The number of carboxylic acid groups (broad SMARTS) is 1. The molecule has 1 fully saturated rings. The number of piperidine rings is 1. The molecule has 0 aliphatic carbocycles. The molecule has 3 heterocycles. The lowest BCUT2D eigenvalue weighted by molar-refractivity contribution is -0.929. The van der Waals surface area contributed by atoms with Gasteiger partial charge in [-0.3, -0.25) is 9.69 Å². The molecule has 0 saturated carbocycles. The highest BCUT2D eigenvalue weighted by atomic mass is 32.2. The molecule has 1 saturated heterocycles. The fourth-order valence-electron chi connectivity index (χ4n) is 6.60. The van der Waals surface area contributed by atoms with Crippen molar-refractivity contribution in [3.05, 3.63) is 86.5 Å². The summed E-state index contributed by atoms with van der Waals surface area (Å²) >= 11 is 0. The third-order valence-corrected chi connectivity index (χ3v) is 10.3. The van der Waals surface area contributed by atoms with E-state index < -0.39 is 39.5 Å². The first-order valence-electron chi connectivity index (χ1n) is 15.2. The summed E-state index contributed by atoms with van der Waals surface area (Å²) in [6.07, 6.45) is -2.26. The minimum Gasteiger partial charge on any atom is -0.483 e. The third kappa shape index (κ3) is 7.59. The molecule has 2 N–H and O–H groups in total. The summed E-state index contributed by atoms with van der Waals surface area (Å²) in [4.78, 5) is 36.7. The Morgan fingerprint density at radius 3 is 2.40 bits per heavy atom. The first-order valence-corrected chi connectivity index (χ1v) is 17.1. The van der Waals surface area contributed by atoms with Crippen molar-refractivity contribution in [1.82, 2.24) is 19.1 Å². The first kappa shape index (κ1) is 37.8. The van der Waals surface area contributed by atoms with Gasteiger partial charge in [0, 0.05) is 42.9 Å². The number of carbonyl (C=O) groups excluding carboxylic acids is 1. The maximum absolute atomic E-state index is 13.7. The largest absolute Gasteiger partial charge is 0.483 e. The number of rotatable bonds is 7. The lowest BCUT2D eigenvalue weighted by Crippen LogP contribution is -2.54. The van der Waals surface area contributed by atoms with E-state index in [0.717, 1.165) is 12.1 Å². The van der Waals surface area contributed by atoms with Gasteiger partial charge in [0.05, 0.1) is 56.3 Å². The van der Waals surface area contributed by atoms with Gasteiger partial charge in [-0.05, 0) is 42.8 Å². The molecule has 0 radical (unpaired) electrons. The SMILES string of the molecule is COC(=O)C1=C(C)N(c2cccc(C(F)(F)F)c2)c2n[nH]c(=O)n2[C@@H]1c1ccc(C#N)cc1C[N+](C)(C)C1CCN(S(C)(=O)=O)CC1.O=CO. The molecular formula is C32H37F3N7O7S+. The molecule has 3 aromatic rings. The number of hydrogen-bond donors (Lipinski definition) is 2. The van der Waals surface area contributed by atoms with Gasteiger partial charge in [-0.1, -0.05) is 12.1 Å². The van der Waals surface area contributed by atoms with Crippen LogP contribution in [0, 0.1) is 11.3 Å². The summed E-state index contributed by atoms with van der Waals surface area (Å²) in [5.41, 5.74) is 0.0671. The molecule has 1 aromatic heterocycles. The van der Waals surface area contributed by atoms with E-state index in [4.69, 9.17) is 14.6 Å². The van der Waals surface area contributed by atoms with E-state index in [9.17, 15) is 36.4 Å². The standard InChI is InChI=1S/C31H34F3N7O5S.CH2O2/c1-19-26(28(42)46-4)27(40-29(36-37-30(40)43)39(19)23-8-6-7-22(16-23)31(32,33)34)25-10-9-20(17-35)15-21(25)18-41(2,3)24-11-13-38(14-12-24)47(5,44)45;2-1-3/h6-10,15-16,24,27H,11-14,18H2,1-5H3;1H,(H,2,3)/p+1/t27-;/m1./s1. The summed E-state index contributed by atoms with van der Waals surface area (Å²) in [7, 11) is 1.84. The van der Waals surface area contributed by atoms with Crippen LogP contribution in [0.15, 0.2) is 58.5 Å². The van der Waals surface area contributed by atoms with Crippen LogP contribution < -0.4 is 10.6 Å². The fraction of sp³-hybridized carbons (Fsp3) is 0.406. The number of alkyl halides is 3. The minimum absolute atomic E-state index is 0.00126. The fourth-order valence-corrected chi connectivity index (χ4v) is 7.47. The van der Waals surface area contributed by atoms with Gasteiger partial charge in [0.25, 0.3) is 6.47 Å². The number of ether oxygens (including phenoxy) is 1. The molecule has 2 aliphatic heterocycles. The van der Waals surface area contributed by atoms with Crippen LogP contribution in [0.5, 0.6) is 0 Å². The van der Waals surface area contributed by atoms with Gasteiger partial charge in [0.1, 0.15) is 12.6 Å². The van der Waals surface area contributed by atoms with Crippen molar-refractivity contribution in [3.63, 3.8) is 0 Å². The highest BCUT2D eigenvalue weighted by Gasteiger charge is 2.42. The lowest BCUT2D eigenvalue weighted by atomic mass is 9.89. The Morgan fingerprint density at radius 1 is 1.20 bits per heavy atom. The Morgan fingerprint density at radius 2 is 1.84 bits per heavy atom. The van der Waals surface area contributed by atoms with Crippen LogP contribution in [-0.2, 0) is 37.1 Å². The summed E-state index contributed by atoms with van der Waals surface area (Å²) in [6.45, 7) is 2.37. The molecule has 1 atom stereocenters. The van der Waals surface area contributed by atoms with E-state index in [0.29, 0.717) is 53.6 Å². The van der Waals surface area contributed by atoms with Crippen molar-refractivity contribution < 1.29 is 45.5 Å². The summed E-state index contributed by atoms with van der Waals surface area (Å²) in [5, 5.41) is 23.2. The van der Waals surface area contributed by atoms with E-state index in [-0.39, 0.29) is 35.4 Å². The highest BCUT2D eigenvalue weighted by Crippen LogP contribution is 2.44. The van der Waals surface area contributed by atoms with Crippen LogP contribution in [0.3, 0.4) is 0 Å². The molecule has 14 nitrogen and oxygen atoms in total. The quantitative estimate of drug-likeness (QED) is 0.209. The first-order chi connectivity index (χ1) is 23.4. The number of H-pyrrole nitrogens is 1. The number of halogens is 3. The second-order valence-corrected chi connectivity index (χ2v) is 14.4. The van der Waals surface area contributed by atoms with E-state index in [1.807, 2.05) is 14.1 Å². The number of fused-ring (bicyclic) bond motifs is 1. The predicted molar refractivity (Wildman–Crippen MR) is 174 cm³/mol. The number of hydrogen-bond acceptors (Lipinski definition) is 9. The zero-order valence-electron chi connectivity index (χ0n) is 27.9. The minimum atomic E-state index is -4.65. The van der Waals surface area contributed by atoms with Crippen molar-refractivity contribution in [3.8, 4) is 6.07 Å². The van der Waals surface area contributed by atoms with Crippen molar-refractivity contribution in [1.29, 1.82) is 5.26 Å². The third-order valence-electron chi connectivity index (χ3n) is 9.01. The number of esters is 1. The van der Waals surface area contributed by atoms with Gasteiger partial charge in [0.2, 0.25) is 16.0 Å². The summed E-state index contributed by atoms with van der Waals surface area (Å²) in [6, 6.07) is 10.5. The second-order valence-electron chi connectivity index (χ2n) is 12.4. The molecule has 2 aromatic carbocycles. The maximum Gasteiger partial charge on any atom is 0.416 e. The molecular weight excluding hydrogens is 683 g/mol. The lowest BCUT2D eigenvalue weighted by Gasteiger charge is -2.43. The number of aromatic nitrogens is 3. The number of allylic oxidation sites excluding steroid dienone is 1. The number of nitriles is 1. The number of nitrogens with one attached hydrogen (secondary N) is 1. The number of nitrogens with zero attached hydrogens (tertiary/aromatic N) is 6. The molecule has 0 amide bonds. The number of benzene rings is 2. The summed E-state index contributed by atoms with van der Waals surface area (Å²) < 4.78 is 73.5. The summed E-state index contributed by atoms with van der Waals surface area (Å²) in [5.74, 6) is -0.845. The van der Waals surface area contributed by atoms with Gasteiger partial charge < -0.3 is 14.3 Å². The van der Waals surface area contributed by atoms with E-state index in [1.165, 1.54) is 39.3 Å². The average molecular weight is 721 g/mol. The zero-order chi connectivity index (χ0) is 37.2. The van der Waals surface area contributed by atoms with Gasteiger partial charge in [0.15, 0.2) is 0 Å². The van der Waals surface area contributed by atoms with Crippen molar-refractivity contribution in [2.24, 2.45) is 0 Å². The number of aromatic amines is 1. The number of anilines is 2. The zero-order valence-corrected chi connectivity index (χ0v) is 28.7. The molecule has 0 spiro atoms. The predicted octanol–water partition coefficient (Wildman–Crippen LogP) is 3.35. The molecule has 5 rings (SSSR count). The molecule has 50 heavy (non-hydrogen) atoms. The van der Waals surface area contributed by atoms with Crippen LogP contribution in [0.2, 0.25) is 0 Å². The van der Waals surface area contributed by atoms with Crippen LogP contribution in [0.1, 0.15) is 48.1 Å². The highest BCUT2D eigenvalue weighted by molar-refractivity contribution is 7.88. The van der Waals surface area contributed by atoms with Gasteiger partial charge in [-0.15, -0.1) is 5.10 Å². The monoisotopic (exact) mass is 720 g/mol. The Kier molecular flexibility index (Phi) is 10.9. The molecule has 0 bridgehead atoms. The van der Waals surface area contributed by atoms with Gasteiger partial charge in [-0.2, -0.15) is 18.4 Å². The number of quaternary nitrogens is 1. The Hall–Kier alpha value is -4.99. The number of methoxy groups -OCH3 is 1. The smallest absolute Gasteiger partial charge is 0.416 e. The van der Waals surface area contributed by atoms with Crippen molar-refractivity contribution in [2.75, 3.05) is 45.5 Å². The van der Waals surface area contributed by atoms with E-state index >= 15 is 0 Å². The molecule has 2 aliphatic rings. The molecule has 268 valence electrons. The normalized spacial score (nSPS) is 17.3. The second kappa shape index (κ2) is 14.5. The van der Waals surface area contributed by atoms with Gasteiger partial charge >= 0.3 is 17.8 Å². The van der Waals surface area contributed by atoms with Crippen LogP contribution >= 0.6 is 0 Å². The van der Waals surface area contributed by atoms with Crippen LogP contribution in [0.4, 0.5) is 24.8 Å². The Labute approximate surface area is 286 Å². The van der Waals surface area contributed by atoms with E-state index in [1.54, 1.807) is 25.1 Å². The van der Waals surface area contributed by atoms with Crippen molar-refractivity contribution in [2.45, 2.75) is 44.6 Å². The number of carbonyl (C=O) groups is 2. The van der Waals surface area contributed by atoms with E-state index in [2.05, 4.69) is 16.3 Å². The number of sulfonamides is 1. The molecule has 0 unspecified atom stereocenters. The van der Waals surface area contributed by atoms with Crippen LogP contribution in [-0.4, -0.2) is 96.1 Å². The van der Waals surface area contributed by atoms with Crippen molar-refractivity contribution >= 4 is 34.1 Å². The maximum atomic E-state index is 13.7. The topological polar surface area (TPSA) is 179 Å². The van der Waals surface area contributed by atoms with Crippen LogP contribution in [0.25, 0.3) is 0 Å². The average Bonchev–Trinajstić information content (AvgIpc) is 3.43. The molecule has 18 heteroatoms.